The fraction of sp³-hybridized carbons (Fsp3) is 0.412. The van der Waals surface area contributed by atoms with Gasteiger partial charge in [0, 0.05) is 25.5 Å². The molecular weight excluding hydrogens is 326 g/mol. The zero-order chi connectivity index (χ0) is 17.2. The first-order valence-electron chi connectivity index (χ1n) is 8.03. The Balaban J connectivity index is 1.77. The van der Waals surface area contributed by atoms with Crippen LogP contribution in [-0.2, 0) is 14.6 Å². The van der Waals surface area contributed by atoms with Crippen molar-refractivity contribution in [1.82, 2.24) is 14.7 Å². The largest absolute Gasteiger partial charge is 0.340 e. The van der Waals surface area contributed by atoms with E-state index in [0.717, 1.165) is 5.56 Å². The minimum absolute atomic E-state index is 0.00979. The number of hydrogen-bond donors (Lipinski definition) is 0. The van der Waals surface area contributed by atoms with Gasteiger partial charge in [-0.3, -0.25) is 9.48 Å². The Morgan fingerprint density at radius 3 is 2.62 bits per heavy atom. The first-order valence-corrected chi connectivity index (χ1v) is 9.75. The predicted octanol–water partition coefficient (Wildman–Crippen LogP) is 1.83. The van der Waals surface area contributed by atoms with E-state index in [1.165, 1.54) is 0 Å². The third kappa shape index (κ3) is 3.36. The summed E-state index contributed by atoms with van der Waals surface area (Å²) < 4.78 is 26.8. The van der Waals surface area contributed by atoms with Gasteiger partial charge < -0.3 is 4.90 Å². The van der Waals surface area contributed by atoms with Crippen LogP contribution in [0, 0.1) is 0 Å². The lowest BCUT2D eigenvalue weighted by atomic mass is 10.1. The first-order chi connectivity index (χ1) is 11.5. The maximum absolute atomic E-state index is 12.7. The van der Waals surface area contributed by atoms with Crippen LogP contribution in [0.3, 0.4) is 0 Å². The Kier molecular flexibility index (Phi) is 4.71. The van der Waals surface area contributed by atoms with Crippen molar-refractivity contribution in [2.45, 2.75) is 24.6 Å². The van der Waals surface area contributed by atoms with Crippen molar-refractivity contribution in [2.75, 3.05) is 18.8 Å². The second-order valence-corrected chi connectivity index (χ2v) is 8.35. The number of hydrogen-bond acceptors (Lipinski definition) is 4. The van der Waals surface area contributed by atoms with Crippen LogP contribution in [0.15, 0.2) is 48.8 Å². The second-order valence-electron chi connectivity index (χ2n) is 6.04. The zero-order valence-electron chi connectivity index (χ0n) is 13.6. The van der Waals surface area contributed by atoms with Gasteiger partial charge in [-0.15, -0.1) is 0 Å². The molecule has 7 heteroatoms. The van der Waals surface area contributed by atoms with Gasteiger partial charge in [-0.2, -0.15) is 5.10 Å². The molecule has 1 aliphatic heterocycles. The highest BCUT2D eigenvalue weighted by Crippen LogP contribution is 2.29. The van der Waals surface area contributed by atoms with Gasteiger partial charge in [0.2, 0.25) is 5.91 Å². The van der Waals surface area contributed by atoms with Gasteiger partial charge in [-0.25, -0.2) is 8.42 Å². The predicted molar refractivity (Wildman–Crippen MR) is 91.1 cm³/mol. The van der Waals surface area contributed by atoms with E-state index in [2.05, 4.69) is 5.10 Å². The fourth-order valence-corrected chi connectivity index (χ4v) is 4.89. The van der Waals surface area contributed by atoms with Gasteiger partial charge in [-0.1, -0.05) is 30.3 Å². The smallest absolute Gasteiger partial charge is 0.247 e. The van der Waals surface area contributed by atoms with E-state index in [-0.39, 0.29) is 18.2 Å². The summed E-state index contributed by atoms with van der Waals surface area (Å²) in [5.74, 6) is -0.105. The third-order valence-corrected chi connectivity index (χ3v) is 6.63. The molecule has 0 N–H and O–H groups in total. The van der Waals surface area contributed by atoms with Crippen molar-refractivity contribution >= 4 is 15.7 Å². The number of nitrogens with zero attached hydrogens (tertiary/aromatic N) is 3. The van der Waals surface area contributed by atoms with Crippen LogP contribution in [0.25, 0.3) is 0 Å². The SMILES string of the molecule is C[C@@H](C(=O)N1CC[C@@H](c2ccccc2)S(=O)(=O)CC1)n1cccn1. The van der Waals surface area contributed by atoms with Crippen molar-refractivity contribution in [3.63, 3.8) is 0 Å². The summed E-state index contributed by atoms with van der Waals surface area (Å²) >= 11 is 0. The van der Waals surface area contributed by atoms with E-state index in [4.69, 9.17) is 0 Å². The van der Waals surface area contributed by atoms with E-state index in [0.29, 0.717) is 13.0 Å². The van der Waals surface area contributed by atoms with Gasteiger partial charge in [-0.05, 0) is 25.0 Å². The molecule has 2 heterocycles. The second kappa shape index (κ2) is 6.76. The standard InChI is InChI=1S/C17H21N3O3S/c1-14(20-10-5-9-18-20)17(21)19-11-8-16(24(22,23)13-12-19)15-6-3-2-4-7-15/h2-7,9-10,14,16H,8,11-13H2,1H3/t14-,16-/m0/s1. The Bertz CT molecular complexity index is 788. The number of amides is 1. The maximum Gasteiger partial charge on any atom is 0.247 e. The first kappa shape index (κ1) is 16.7. The lowest BCUT2D eigenvalue weighted by Gasteiger charge is -2.24. The van der Waals surface area contributed by atoms with Crippen LogP contribution in [0.1, 0.15) is 30.2 Å². The summed E-state index contributed by atoms with van der Waals surface area (Å²) in [5, 5.41) is 3.55. The highest BCUT2D eigenvalue weighted by atomic mass is 32.2. The molecule has 128 valence electrons. The topological polar surface area (TPSA) is 72.3 Å². The molecule has 0 aliphatic carbocycles. The lowest BCUT2D eigenvalue weighted by molar-refractivity contribution is -0.134. The highest BCUT2D eigenvalue weighted by molar-refractivity contribution is 7.91. The minimum Gasteiger partial charge on any atom is -0.340 e. The minimum atomic E-state index is -3.28. The molecule has 0 bridgehead atoms. The number of rotatable bonds is 3. The van der Waals surface area contributed by atoms with Crippen molar-refractivity contribution in [2.24, 2.45) is 0 Å². The Labute approximate surface area is 142 Å². The molecule has 24 heavy (non-hydrogen) atoms. The molecule has 0 radical (unpaired) electrons. The maximum atomic E-state index is 12.7. The Morgan fingerprint density at radius 1 is 1.21 bits per heavy atom. The molecule has 1 aromatic heterocycles. The van der Waals surface area contributed by atoms with Crippen LogP contribution >= 0.6 is 0 Å². The lowest BCUT2D eigenvalue weighted by Crippen LogP contribution is -2.38. The van der Waals surface area contributed by atoms with E-state index in [1.54, 1.807) is 35.0 Å². The van der Waals surface area contributed by atoms with Crippen molar-refractivity contribution in [1.29, 1.82) is 0 Å². The van der Waals surface area contributed by atoms with Crippen molar-refractivity contribution in [3.8, 4) is 0 Å². The van der Waals surface area contributed by atoms with Crippen LogP contribution in [0.4, 0.5) is 0 Å². The zero-order valence-corrected chi connectivity index (χ0v) is 14.4. The summed E-state index contributed by atoms with van der Waals surface area (Å²) in [5.41, 5.74) is 0.798. The Hall–Kier alpha value is -2.15. The number of benzene rings is 1. The Morgan fingerprint density at radius 2 is 1.96 bits per heavy atom. The summed E-state index contributed by atoms with van der Waals surface area (Å²) in [7, 11) is -3.28. The molecule has 6 nitrogen and oxygen atoms in total. The molecule has 3 rings (SSSR count). The quantitative estimate of drug-likeness (QED) is 0.849. The third-order valence-electron chi connectivity index (χ3n) is 4.50. The van der Waals surface area contributed by atoms with E-state index in [1.807, 2.05) is 30.3 Å². The van der Waals surface area contributed by atoms with Crippen LogP contribution < -0.4 is 0 Å². The molecule has 1 fully saturated rings. The van der Waals surface area contributed by atoms with E-state index < -0.39 is 21.1 Å². The molecule has 0 spiro atoms. The molecule has 0 unspecified atom stereocenters. The van der Waals surface area contributed by atoms with E-state index >= 15 is 0 Å². The molecule has 1 saturated heterocycles. The highest BCUT2D eigenvalue weighted by Gasteiger charge is 2.33. The van der Waals surface area contributed by atoms with Gasteiger partial charge in [0.1, 0.15) is 6.04 Å². The monoisotopic (exact) mass is 347 g/mol. The molecule has 2 atom stereocenters. The molecule has 0 saturated carbocycles. The summed E-state index contributed by atoms with van der Waals surface area (Å²) in [4.78, 5) is 14.3. The van der Waals surface area contributed by atoms with Gasteiger partial charge in [0.15, 0.2) is 9.84 Å². The molecule has 1 amide bonds. The fourth-order valence-electron chi connectivity index (χ4n) is 3.09. The summed E-state index contributed by atoms with van der Waals surface area (Å²) in [6, 6.07) is 10.6. The van der Waals surface area contributed by atoms with Crippen molar-refractivity contribution < 1.29 is 13.2 Å². The normalized spacial score (nSPS) is 21.9. The van der Waals surface area contributed by atoms with Crippen LogP contribution in [0.5, 0.6) is 0 Å². The number of carbonyl (C=O) groups is 1. The van der Waals surface area contributed by atoms with Gasteiger partial charge in [0.25, 0.3) is 0 Å². The van der Waals surface area contributed by atoms with Gasteiger partial charge in [0.05, 0.1) is 11.0 Å². The van der Waals surface area contributed by atoms with Crippen molar-refractivity contribution in [3.05, 3.63) is 54.4 Å². The summed E-state index contributed by atoms with van der Waals surface area (Å²) in [6.45, 7) is 2.45. The summed E-state index contributed by atoms with van der Waals surface area (Å²) in [6.07, 6.45) is 3.79. The van der Waals surface area contributed by atoms with Crippen LogP contribution in [-0.4, -0.2) is 47.8 Å². The number of carbonyl (C=O) groups excluding carboxylic acids is 1. The number of sulfone groups is 1. The molecular formula is C17H21N3O3S. The van der Waals surface area contributed by atoms with E-state index in [9.17, 15) is 13.2 Å². The average Bonchev–Trinajstić information content (AvgIpc) is 3.06. The molecule has 1 aliphatic rings. The van der Waals surface area contributed by atoms with Gasteiger partial charge >= 0.3 is 0 Å². The molecule has 1 aromatic carbocycles. The average molecular weight is 347 g/mol. The number of aromatic nitrogens is 2. The molecule has 2 aromatic rings. The van der Waals surface area contributed by atoms with Crippen LogP contribution in [0.2, 0.25) is 0 Å².